The molecule has 4 unspecified atom stereocenters. The zero-order valence-corrected chi connectivity index (χ0v) is 26.9. The van der Waals surface area contributed by atoms with E-state index in [1.165, 1.54) is 0 Å². The van der Waals surface area contributed by atoms with Crippen LogP contribution < -0.4 is 9.47 Å². The molecule has 6 nitrogen and oxygen atoms in total. The van der Waals surface area contributed by atoms with Gasteiger partial charge in [0.2, 0.25) is 0 Å². The normalized spacial score (nSPS) is 21.3. The fraction of sp³-hybridized carbons (Fsp3) is 0.333. The standard InChI is InChI=1S/C39H41ClO6/c1-2-42-32-17-15-28(16-18-32)21-31-22-34-36(24-35(31)40)43-20-10-9-19-41-27-33-23-37(44-25-29-11-5-3-6-12-29)39(38(34)46-33)45-26-30-13-7-4-8-14-30/h3-18,22,24,33,37-39H,2,19-21,23,25-27H2,1H3. The first-order valence-corrected chi connectivity index (χ1v) is 16.4. The van der Waals surface area contributed by atoms with E-state index >= 15 is 0 Å². The molecule has 0 spiro atoms. The van der Waals surface area contributed by atoms with Crippen molar-refractivity contribution in [1.29, 1.82) is 0 Å². The highest BCUT2D eigenvalue weighted by Crippen LogP contribution is 2.42. The molecule has 4 atom stereocenters. The minimum Gasteiger partial charge on any atom is -0.494 e. The van der Waals surface area contributed by atoms with Crippen LogP contribution in [-0.2, 0) is 38.6 Å². The molecule has 46 heavy (non-hydrogen) atoms. The van der Waals surface area contributed by atoms with Gasteiger partial charge in [0.05, 0.1) is 45.2 Å². The number of hydrogen-bond acceptors (Lipinski definition) is 6. The van der Waals surface area contributed by atoms with Crippen molar-refractivity contribution < 1.29 is 28.4 Å². The second-order valence-electron chi connectivity index (χ2n) is 11.6. The van der Waals surface area contributed by atoms with Gasteiger partial charge < -0.3 is 28.4 Å². The van der Waals surface area contributed by atoms with Crippen LogP contribution in [0.25, 0.3) is 0 Å². The van der Waals surface area contributed by atoms with Crippen molar-refractivity contribution in [1.82, 2.24) is 0 Å². The SMILES string of the molecule is CCOc1ccc(Cc2cc3c(cc2Cl)OCC=CCOCC2CC(OCc4ccccc4)C(OCc4ccccc4)C3O2)cc1. The van der Waals surface area contributed by atoms with Crippen LogP contribution in [0.5, 0.6) is 11.5 Å². The second kappa shape index (κ2) is 16.3. The summed E-state index contributed by atoms with van der Waals surface area (Å²) in [6.45, 7) is 4.80. The first kappa shape index (κ1) is 32.3. The van der Waals surface area contributed by atoms with E-state index in [0.29, 0.717) is 63.3 Å². The maximum Gasteiger partial charge on any atom is 0.127 e. The maximum absolute atomic E-state index is 6.94. The van der Waals surface area contributed by atoms with E-state index < -0.39 is 12.2 Å². The molecule has 6 rings (SSSR count). The second-order valence-corrected chi connectivity index (χ2v) is 12.0. The van der Waals surface area contributed by atoms with Crippen LogP contribution in [0.2, 0.25) is 5.02 Å². The largest absolute Gasteiger partial charge is 0.494 e. The molecule has 240 valence electrons. The van der Waals surface area contributed by atoms with Crippen molar-refractivity contribution in [3.8, 4) is 11.5 Å². The lowest BCUT2D eigenvalue weighted by molar-refractivity contribution is -0.218. The average molecular weight is 641 g/mol. The summed E-state index contributed by atoms with van der Waals surface area (Å²) >= 11 is 6.94. The summed E-state index contributed by atoms with van der Waals surface area (Å²) in [7, 11) is 0. The predicted octanol–water partition coefficient (Wildman–Crippen LogP) is 8.30. The van der Waals surface area contributed by atoms with E-state index in [1.54, 1.807) is 0 Å². The third-order valence-electron chi connectivity index (χ3n) is 8.23. The zero-order valence-electron chi connectivity index (χ0n) is 26.2. The van der Waals surface area contributed by atoms with Crippen molar-refractivity contribution in [3.63, 3.8) is 0 Å². The molecule has 2 aliphatic heterocycles. The highest BCUT2D eigenvalue weighted by atomic mass is 35.5. The van der Waals surface area contributed by atoms with Crippen LogP contribution in [0, 0.1) is 0 Å². The van der Waals surface area contributed by atoms with E-state index in [-0.39, 0.29) is 12.2 Å². The molecule has 4 aromatic carbocycles. The van der Waals surface area contributed by atoms with E-state index in [4.69, 9.17) is 40.0 Å². The van der Waals surface area contributed by atoms with Crippen LogP contribution in [0.1, 0.15) is 47.3 Å². The fourth-order valence-electron chi connectivity index (χ4n) is 5.92. The summed E-state index contributed by atoms with van der Waals surface area (Å²) in [5.41, 5.74) is 5.17. The van der Waals surface area contributed by atoms with Crippen molar-refractivity contribution in [2.24, 2.45) is 0 Å². The van der Waals surface area contributed by atoms with Gasteiger partial charge in [-0.25, -0.2) is 0 Å². The van der Waals surface area contributed by atoms with Gasteiger partial charge in [0.15, 0.2) is 0 Å². The number of benzene rings is 4. The first-order chi connectivity index (χ1) is 22.7. The molecular formula is C39H41ClO6. The summed E-state index contributed by atoms with van der Waals surface area (Å²) in [5.74, 6) is 1.52. The quantitative estimate of drug-likeness (QED) is 0.163. The Labute approximate surface area is 276 Å². The average Bonchev–Trinajstić information content (AvgIpc) is 3.08. The third kappa shape index (κ3) is 8.58. The van der Waals surface area contributed by atoms with Crippen LogP contribution in [0.3, 0.4) is 0 Å². The van der Waals surface area contributed by atoms with Crippen molar-refractivity contribution in [2.45, 2.75) is 57.4 Å². The Hall–Kier alpha value is -3.65. The molecule has 0 amide bonds. The lowest BCUT2D eigenvalue weighted by Gasteiger charge is -2.42. The molecule has 0 saturated carbocycles. The minimum atomic E-state index is -0.485. The van der Waals surface area contributed by atoms with Crippen LogP contribution >= 0.6 is 11.6 Å². The van der Waals surface area contributed by atoms with Gasteiger partial charge in [-0.2, -0.15) is 0 Å². The topological polar surface area (TPSA) is 55.4 Å². The molecular weight excluding hydrogens is 600 g/mol. The Morgan fingerprint density at radius 3 is 2.20 bits per heavy atom. The van der Waals surface area contributed by atoms with Crippen LogP contribution in [0.15, 0.2) is 109 Å². The smallest absolute Gasteiger partial charge is 0.127 e. The van der Waals surface area contributed by atoms with Gasteiger partial charge >= 0.3 is 0 Å². The third-order valence-corrected chi connectivity index (χ3v) is 8.58. The molecule has 2 heterocycles. The van der Waals surface area contributed by atoms with Gasteiger partial charge in [-0.05, 0) is 65.9 Å². The molecule has 4 aromatic rings. The number of hydrogen-bond donors (Lipinski definition) is 0. The minimum absolute atomic E-state index is 0.201. The van der Waals surface area contributed by atoms with Gasteiger partial charge in [-0.3, -0.25) is 0 Å². The lowest BCUT2D eigenvalue weighted by atomic mass is 9.90. The van der Waals surface area contributed by atoms with Gasteiger partial charge in [0.25, 0.3) is 0 Å². The zero-order chi connectivity index (χ0) is 31.6. The molecule has 0 aliphatic carbocycles. The van der Waals surface area contributed by atoms with Crippen LogP contribution in [-0.4, -0.2) is 44.7 Å². The molecule has 7 heteroatoms. The summed E-state index contributed by atoms with van der Waals surface area (Å²) in [6.07, 6.45) is 3.86. The Bertz CT molecular complexity index is 1540. The molecule has 2 aliphatic rings. The molecule has 2 bridgehead atoms. The van der Waals surface area contributed by atoms with Gasteiger partial charge in [-0.1, -0.05) is 90.5 Å². The molecule has 1 saturated heterocycles. The van der Waals surface area contributed by atoms with Crippen molar-refractivity contribution in [2.75, 3.05) is 26.4 Å². The van der Waals surface area contributed by atoms with Crippen LogP contribution in [0.4, 0.5) is 0 Å². The van der Waals surface area contributed by atoms with E-state index in [9.17, 15) is 0 Å². The molecule has 0 radical (unpaired) electrons. The number of halogens is 1. The lowest BCUT2D eigenvalue weighted by Crippen LogP contribution is -2.47. The maximum atomic E-state index is 6.94. The number of fused-ring (bicyclic) bond motifs is 4. The number of ether oxygens (including phenoxy) is 6. The van der Waals surface area contributed by atoms with Gasteiger partial charge in [0.1, 0.15) is 30.3 Å². The fourth-order valence-corrected chi connectivity index (χ4v) is 6.14. The summed E-state index contributed by atoms with van der Waals surface area (Å²) < 4.78 is 38.3. The van der Waals surface area contributed by atoms with Crippen molar-refractivity contribution >= 4 is 11.6 Å². The van der Waals surface area contributed by atoms with E-state index in [0.717, 1.165) is 33.6 Å². The monoisotopic (exact) mass is 640 g/mol. The Morgan fingerprint density at radius 1 is 0.783 bits per heavy atom. The summed E-state index contributed by atoms with van der Waals surface area (Å²) in [6, 6.07) is 32.6. The molecule has 1 fully saturated rings. The summed E-state index contributed by atoms with van der Waals surface area (Å²) in [5, 5.41) is 0.637. The highest BCUT2D eigenvalue weighted by molar-refractivity contribution is 6.31. The highest BCUT2D eigenvalue weighted by Gasteiger charge is 2.43. The van der Waals surface area contributed by atoms with E-state index in [1.807, 2.05) is 73.7 Å². The molecule has 0 N–H and O–H groups in total. The Morgan fingerprint density at radius 2 is 1.48 bits per heavy atom. The van der Waals surface area contributed by atoms with Crippen molar-refractivity contribution in [3.05, 3.63) is 142 Å². The number of rotatable bonds is 10. The molecule has 0 aromatic heterocycles. The van der Waals surface area contributed by atoms with Gasteiger partial charge in [0, 0.05) is 17.0 Å². The Kier molecular flexibility index (Phi) is 11.4. The summed E-state index contributed by atoms with van der Waals surface area (Å²) in [4.78, 5) is 0. The Balaban J connectivity index is 1.36. The van der Waals surface area contributed by atoms with E-state index in [2.05, 4.69) is 42.5 Å². The van der Waals surface area contributed by atoms with Gasteiger partial charge in [-0.15, -0.1) is 0 Å². The predicted molar refractivity (Wildman–Crippen MR) is 180 cm³/mol. The first-order valence-electron chi connectivity index (χ1n) is 16.0.